The molecule has 20 heavy (non-hydrogen) atoms. The predicted molar refractivity (Wildman–Crippen MR) is 67.6 cm³/mol. The minimum atomic E-state index is -4.28. The molecule has 0 aliphatic carbocycles. The van der Waals surface area contributed by atoms with Crippen LogP contribution in [0, 0.1) is 11.6 Å². The van der Waals surface area contributed by atoms with Gasteiger partial charge in [0, 0.05) is 12.0 Å². The van der Waals surface area contributed by atoms with Crippen LogP contribution in [0.15, 0.2) is 23.1 Å². The molecule has 0 heterocycles. The topological polar surface area (TPSA) is 83.5 Å². The number of carboxylic acids is 1. The number of hydrogen-bond acceptors (Lipinski definition) is 3. The summed E-state index contributed by atoms with van der Waals surface area (Å²) < 4.78 is 52.7. The molecule has 8 heteroatoms. The number of aliphatic carboxylic acids is 1. The highest BCUT2D eigenvalue weighted by Gasteiger charge is 2.29. The first-order valence-corrected chi connectivity index (χ1v) is 7.23. The number of benzene rings is 1. The molecule has 112 valence electrons. The molecule has 0 unspecified atom stereocenters. The summed E-state index contributed by atoms with van der Waals surface area (Å²) in [6, 6.07) is 2.83. The van der Waals surface area contributed by atoms with E-state index < -0.39 is 38.1 Å². The van der Waals surface area contributed by atoms with Crippen LogP contribution in [0.5, 0.6) is 0 Å². The van der Waals surface area contributed by atoms with Gasteiger partial charge < -0.3 is 5.11 Å². The second-order valence-corrected chi connectivity index (χ2v) is 6.59. The first-order chi connectivity index (χ1) is 9.05. The van der Waals surface area contributed by atoms with Crippen molar-refractivity contribution in [1.29, 1.82) is 0 Å². The third-order valence-corrected chi connectivity index (χ3v) is 4.30. The fourth-order valence-electron chi connectivity index (χ4n) is 1.58. The third kappa shape index (κ3) is 4.24. The SMILES string of the molecule is CC(C)(CCC(=O)O)NS(=O)(=O)c1cccc(F)c1F. The van der Waals surface area contributed by atoms with Crippen LogP contribution in [-0.2, 0) is 14.8 Å². The molecule has 0 fully saturated rings. The van der Waals surface area contributed by atoms with Gasteiger partial charge in [0.25, 0.3) is 0 Å². The number of sulfonamides is 1. The summed E-state index contributed by atoms with van der Waals surface area (Å²) in [5.74, 6) is -3.81. The molecule has 2 N–H and O–H groups in total. The Hall–Kier alpha value is -1.54. The molecule has 0 aliphatic rings. The lowest BCUT2D eigenvalue weighted by Gasteiger charge is -2.25. The third-order valence-electron chi connectivity index (χ3n) is 2.58. The monoisotopic (exact) mass is 307 g/mol. The van der Waals surface area contributed by atoms with Crippen molar-refractivity contribution < 1.29 is 27.1 Å². The van der Waals surface area contributed by atoms with Crippen molar-refractivity contribution in [3.05, 3.63) is 29.8 Å². The van der Waals surface area contributed by atoms with Gasteiger partial charge in [-0.25, -0.2) is 21.9 Å². The van der Waals surface area contributed by atoms with Crippen molar-refractivity contribution in [2.75, 3.05) is 0 Å². The fraction of sp³-hybridized carbons (Fsp3) is 0.417. The highest BCUT2D eigenvalue weighted by Crippen LogP contribution is 2.20. The van der Waals surface area contributed by atoms with E-state index in [4.69, 9.17) is 5.11 Å². The van der Waals surface area contributed by atoms with Gasteiger partial charge in [0.1, 0.15) is 4.90 Å². The van der Waals surface area contributed by atoms with Crippen LogP contribution >= 0.6 is 0 Å². The van der Waals surface area contributed by atoms with Crippen molar-refractivity contribution >= 4 is 16.0 Å². The van der Waals surface area contributed by atoms with Crippen LogP contribution in [0.2, 0.25) is 0 Å². The van der Waals surface area contributed by atoms with E-state index in [0.29, 0.717) is 0 Å². The molecule has 1 rings (SSSR count). The molecule has 0 amide bonds. The summed E-state index contributed by atoms with van der Waals surface area (Å²) in [5, 5.41) is 8.59. The van der Waals surface area contributed by atoms with Gasteiger partial charge in [0.15, 0.2) is 11.6 Å². The maximum atomic E-state index is 13.5. The van der Waals surface area contributed by atoms with E-state index in [9.17, 15) is 22.0 Å². The summed E-state index contributed by atoms with van der Waals surface area (Å²) in [4.78, 5) is 9.69. The average Bonchev–Trinajstić information content (AvgIpc) is 2.29. The summed E-state index contributed by atoms with van der Waals surface area (Å²) in [5.41, 5.74) is -1.10. The molecular weight excluding hydrogens is 292 g/mol. The van der Waals surface area contributed by atoms with Gasteiger partial charge in [-0.2, -0.15) is 0 Å². The Balaban J connectivity index is 3.00. The summed E-state index contributed by atoms with van der Waals surface area (Å²) in [7, 11) is -4.28. The quantitative estimate of drug-likeness (QED) is 0.840. The number of nitrogens with one attached hydrogen (secondary N) is 1. The maximum Gasteiger partial charge on any atom is 0.303 e. The predicted octanol–water partition coefficient (Wildman–Crippen LogP) is 1.89. The van der Waals surface area contributed by atoms with E-state index in [1.54, 1.807) is 0 Å². The van der Waals surface area contributed by atoms with Gasteiger partial charge in [0.2, 0.25) is 10.0 Å². The highest BCUT2D eigenvalue weighted by molar-refractivity contribution is 7.89. The number of carbonyl (C=O) groups is 1. The number of rotatable bonds is 6. The van der Waals surface area contributed by atoms with Crippen molar-refractivity contribution in [2.45, 2.75) is 37.1 Å². The van der Waals surface area contributed by atoms with E-state index in [0.717, 1.165) is 18.2 Å². The number of halogens is 2. The lowest BCUT2D eigenvalue weighted by atomic mass is 10.0. The van der Waals surface area contributed by atoms with E-state index in [1.807, 2.05) is 0 Å². The maximum absolute atomic E-state index is 13.5. The molecule has 0 atom stereocenters. The molecule has 5 nitrogen and oxygen atoms in total. The number of carboxylic acid groups (broad SMARTS) is 1. The molecule has 0 aliphatic heterocycles. The lowest BCUT2D eigenvalue weighted by molar-refractivity contribution is -0.137. The zero-order chi connectivity index (χ0) is 15.6. The first kappa shape index (κ1) is 16.5. The van der Waals surface area contributed by atoms with Crippen molar-refractivity contribution in [2.24, 2.45) is 0 Å². The Labute approximate surface area is 115 Å². The Bertz CT molecular complexity index is 614. The van der Waals surface area contributed by atoms with Crippen molar-refractivity contribution in [3.8, 4) is 0 Å². The molecule has 0 bridgehead atoms. The summed E-state index contributed by atoms with van der Waals surface area (Å²) in [6.45, 7) is 2.93. The van der Waals surface area contributed by atoms with E-state index in [1.165, 1.54) is 13.8 Å². The Kier molecular flexibility index (Phi) is 4.82. The van der Waals surface area contributed by atoms with Crippen molar-refractivity contribution in [1.82, 2.24) is 4.72 Å². The lowest BCUT2D eigenvalue weighted by Crippen LogP contribution is -2.43. The molecule has 1 aromatic rings. The summed E-state index contributed by atoms with van der Waals surface area (Å²) >= 11 is 0. The van der Waals surface area contributed by atoms with Crippen LogP contribution in [-0.4, -0.2) is 25.0 Å². The van der Waals surface area contributed by atoms with Crippen LogP contribution < -0.4 is 4.72 Å². The average molecular weight is 307 g/mol. The molecule has 0 radical (unpaired) electrons. The first-order valence-electron chi connectivity index (χ1n) is 5.75. The van der Waals surface area contributed by atoms with E-state index >= 15 is 0 Å². The summed E-state index contributed by atoms with van der Waals surface area (Å²) in [6.07, 6.45) is -0.236. The fourth-order valence-corrected chi connectivity index (χ4v) is 3.11. The van der Waals surface area contributed by atoms with Crippen LogP contribution in [0.3, 0.4) is 0 Å². The highest BCUT2D eigenvalue weighted by atomic mass is 32.2. The zero-order valence-electron chi connectivity index (χ0n) is 11.0. The van der Waals surface area contributed by atoms with Crippen LogP contribution in [0.25, 0.3) is 0 Å². The van der Waals surface area contributed by atoms with Gasteiger partial charge in [-0.05, 0) is 32.4 Å². The van der Waals surface area contributed by atoms with Gasteiger partial charge in [-0.15, -0.1) is 0 Å². The minimum absolute atomic E-state index is 0.0124. The van der Waals surface area contributed by atoms with Gasteiger partial charge in [-0.1, -0.05) is 6.07 Å². The second kappa shape index (κ2) is 5.84. The minimum Gasteiger partial charge on any atom is -0.481 e. The van der Waals surface area contributed by atoms with Gasteiger partial charge >= 0.3 is 5.97 Å². The van der Waals surface area contributed by atoms with Gasteiger partial charge in [-0.3, -0.25) is 4.79 Å². The van der Waals surface area contributed by atoms with Crippen LogP contribution in [0.1, 0.15) is 26.7 Å². The van der Waals surface area contributed by atoms with Gasteiger partial charge in [0.05, 0.1) is 0 Å². The molecule has 0 saturated carbocycles. The number of hydrogen-bond donors (Lipinski definition) is 2. The van der Waals surface area contributed by atoms with Crippen LogP contribution in [0.4, 0.5) is 8.78 Å². The zero-order valence-corrected chi connectivity index (χ0v) is 11.8. The second-order valence-electron chi connectivity index (χ2n) is 4.94. The molecule has 0 aromatic heterocycles. The van der Waals surface area contributed by atoms with E-state index in [-0.39, 0.29) is 12.8 Å². The Morgan fingerprint density at radius 1 is 1.35 bits per heavy atom. The molecular formula is C12H15F2NO4S. The molecule has 0 spiro atoms. The Morgan fingerprint density at radius 3 is 2.50 bits per heavy atom. The normalized spacial score (nSPS) is 12.4. The molecule has 1 aromatic carbocycles. The smallest absolute Gasteiger partial charge is 0.303 e. The van der Waals surface area contributed by atoms with E-state index in [2.05, 4.69) is 4.72 Å². The standard InChI is InChI=1S/C12H15F2NO4S/c1-12(2,7-6-10(16)17)15-20(18,19)9-5-3-4-8(13)11(9)14/h3-5,15H,6-7H2,1-2H3,(H,16,17). The van der Waals surface area contributed by atoms with Crippen molar-refractivity contribution in [3.63, 3.8) is 0 Å². The molecule has 0 saturated heterocycles. The Morgan fingerprint density at radius 2 is 1.95 bits per heavy atom. The largest absolute Gasteiger partial charge is 0.481 e.